The number of hydrogen-bond acceptors (Lipinski definition) is 5. The number of nitrogens with one attached hydrogen (secondary N) is 1. The Hall–Kier alpha value is -1.73. The molecule has 0 bridgehead atoms. The molecular weight excluding hydrogens is 262 g/mol. The van der Waals surface area contributed by atoms with Crippen LogP contribution in [-0.2, 0) is 0 Å². The minimum absolute atomic E-state index is 0.261. The van der Waals surface area contributed by atoms with Gasteiger partial charge in [-0.25, -0.2) is 4.98 Å². The minimum Gasteiger partial charge on any atom is -0.399 e. The predicted octanol–water partition coefficient (Wildman–Crippen LogP) is 1.29. The van der Waals surface area contributed by atoms with Gasteiger partial charge in [0.05, 0.1) is 10.6 Å². The molecule has 0 aliphatic heterocycles. The SMILES string of the molecule is NC(=O)c1cc(N)cc(Cl)c1Sc1ncn[nH]1. The molecule has 6 nitrogen and oxygen atoms in total. The molecule has 1 aromatic carbocycles. The Morgan fingerprint density at radius 1 is 1.47 bits per heavy atom. The molecule has 2 aromatic rings. The molecule has 0 fully saturated rings. The maximum absolute atomic E-state index is 11.3. The van der Waals surface area contributed by atoms with Crippen molar-refractivity contribution >= 4 is 35.0 Å². The van der Waals surface area contributed by atoms with Gasteiger partial charge in [-0.1, -0.05) is 11.6 Å². The lowest BCUT2D eigenvalue weighted by Crippen LogP contribution is -2.13. The Balaban J connectivity index is 2.48. The third-order valence-electron chi connectivity index (χ3n) is 1.92. The molecule has 17 heavy (non-hydrogen) atoms. The lowest BCUT2D eigenvalue weighted by atomic mass is 10.2. The molecule has 88 valence electrons. The van der Waals surface area contributed by atoms with Crippen molar-refractivity contribution in [2.24, 2.45) is 5.73 Å². The summed E-state index contributed by atoms with van der Waals surface area (Å²) in [5.74, 6) is -0.596. The van der Waals surface area contributed by atoms with E-state index in [-0.39, 0.29) is 5.56 Å². The van der Waals surface area contributed by atoms with Gasteiger partial charge in [0.1, 0.15) is 6.33 Å². The van der Waals surface area contributed by atoms with Crippen LogP contribution in [0.15, 0.2) is 28.5 Å². The Labute approximate surface area is 106 Å². The summed E-state index contributed by atoms with van der Waals surface area (Å²) in [4.78, 5) is 15.7. The van der Waals surface area contributed by atoms with Crippen LogP contribution in [-0.4, -0.2) is 21.1 Å². The number of anilines is 1. The van der Waals surface area contributed by atoms with Gasteiger partial charge < -0.3 is 11.5 Å². The van der Waals surface area contributed by atoms with Crippen LogP contribution in [0.3, 0.4) is 0 Å². The number of aromatic amines is 1. The zero-order chi connectivity index (χ0) is 12.4. The average molecular weight is 270 g/mol. The molecule has 0 saturated carbocycles. The second kappa shape index (κ2) is 4.64. The zero-order valence-corrected chi connectivity index (χ0v) is 10.0. The molecule has 0 spiro atoms. The molecule has 0 unspecified atom stereocenters. The van der Waals surface area contributed by atoms with Gasteiger partial charge in [0.25, 0.3) is 0 Å². The van der Waals surface area contributed by atoms with Gasteiger partial charge in [0, 0.05) is 10.6 Å². The van der Waals surface area contributed by atoms with Gasteiger partial charge in [-0.15, -0.1) is 0 Å². The summed E-state index contributed by atoms with van der Waals surface area (Å²) in [5, 5.41) is 7.21. The highest BCUT2D eigenvalue weighted by atomic mass is 35.5. The Morgan fingerprint density at radius 2 is 2.24 bits per heavy atom. The van der Waals surface area contributed by atoms with Crippen LogP contribution in [0, 0.1) is 0 Å². The summed E-state index contributed by atoms with van der Waals surface area (Å²) >= 11 is 7.19. The first kappa shape index (κ1) is 11.7. The number of rotatable bonds is 3. The molecule has 0 radical (unpaired) electrons. The van der Waals surface area contributed by atoms with Gasteiger partial charge in [-0.3, -0.25) is 9.89 Å². The topological polar surface area (TPSA) is 111 Å². The van der Waals surface area contributed by atoms with Gasteiger partial charge >= 0.3 is 0 Å². The molecule has 0 aliphatic rings. The van der Waals surface area contributed by atoms with Crippen molar-refractivity contribution in [3.05, 3.63) is 29.0 Å². The van der Waals surface area contributed by atoms with E-state index < -0.39 is 5.91 Å². The molecule has 2 rings (SSSR count). The van der Waals surface area contributed by atoms with E-state index in [4.69, 9.17) is 23.1 Å². The highest BCUT2D eigenvalue weighted by Crippen LogP contribution is 2.35. The van der Waals surface area contributed by atoms with E-state index in [0.29, 0.717) is 20.8 Å². The fourth-order valence-corrected chi connectivity index (χ4v) is 2.40. The number of hydrogen-bond donors (Lipinski definition) is 3. The summed E-state index contributed by atoms with van der Waals surface area (Å²) in [5.41, 5.74) is 11.5. The maximum Gasteiger partial charge on any atom is 0.249 e. The average Bonchev–Trinajstić information content (AvgIpc) is 2.74. The number of benzene rings is 1. The molecule has 0 atom stereocenters. The number of nitrogens with zero attached hydrogens (tertiary/aromatic N) is 2. The summed E-state index contributed by atoms with van der Waals surface area (Å²) in [6.45, 7) is 0. The number of primary amides is 1. The van der Waals surface area contributed by atoms with Crippen LogP contribution in [0.1, 0.15) is 10.4 Å². The standard InChI is InChI=1S/C9H8ClN5OS/c10-6-2-4(11)1-5(8(12)16)7(6)17-9-13-3-14-15-9/h1-3H,11H2,(H2,12,16)(H,13,14,15). The lowest BCUT2D eigenvalue weighted by molar-refractivity contribution is 0.0997. The largest absolute Gasteiger partial charge is 0.399 e. The molecule has 0 saturated heterocycles. The number of H-pyrrole nitrogens is 1. The predicted molar refractivity (Wildman–Crippen MR) is 64.9 cm³/mol. The number of aromatic nitrogens is 3. The number of carbonyl (C=O) groups excluding carboxylic acids is 1. The molecule has 0 aliphatic carbocycles. The van der Waals surface area contributed by atoms with Gasteiger partial charge in [-0.2, -0.15) is 5.10 Å². The van der Waals surface area contributed by atoms with Crippen molar-refractivity contribution < 1.29 is 4.79 Å². The molecular formula is C9H8ClN5OS. The van der Waals surface area contributed by atoms with Crippen LogP contribution in [0.25, 0.3) is 0 Å². The van der Waals surface area contributed by atoms with Crippen LogP contribution in [0.2, 0.25) is 5.02 Å². The zero-order valence-electron chi connectivity index (χ0n) is 8.48. The molecule has 1 heterocycles. The van der Waals surface area contributed by atoms with Crippen LogP contribution < -0.4 is 11.5 Å². The molecule has 1 aromatic heterocycles. The van der Waals surface area contributed by atoms with Gasteiger partial charge in [-0.05, 0) is 23.9 Å². The van der Waals surface area contributed by atoms with Crippen molar-refractivity contribution in [2.75, 3.05) is 5.73 Å². The second-order valence-electron chi connectivity index (χ2n) is 3.14. The molecule has 5 N–H and O–H groups in total. The highest BCUT2D eigenvalue weighted by Gasteiger charge is 2.15. The molecule has 1 amide bonds. The first-order valence-electron chi connectivity index (χ1n) is 4.50. The number of nitrogen functional groups attached to an aromatic ring is 1. The van der Waals surface area contributed by atoms with E-state index >= 15 is 0 Å². The fourth-order valence-electron chi connectivity index (χ4n) is 1.24. The lowest BCUT2D eigenvalue weighted by Gasteiger charge is -2.08. The van der Waals surface area contributed by atoms with E-state index in [1.807, 2.05) is 0 Å². The number of halogens is 1. The number of carbonyl (C=O) groups is 1. The van der Waals surface area contributed by atoms with Crippen molar-refractivity contribution in [2.45, 2.75) is 10.1 Å². The van der Waals surface area contributed by atoms with Crippen LogP contribution in [0.5, 0.6) is 0 Å². The Morgan fingerprint density at radius 3 is 2.82 bits per heavy atom. The quantitative estimate of drug-likeness (QED) is 0.727. The van der Waals surface area contributed by atoms with Crippen molar-refractivity contribution in [3.8, 4) is 0 Å². The van der Waals surface area contributed by atoms with E-state index in [1.54, 1.807) is 6.07 Å². The van der Waals surface area contributed by atoms with E-state index in [9.17, 15) is 4.79 Å². The maximum atomic E-state index is 11.3. The van der Waals surface area contributed by atoms with Crippen molar-refractivity contribution in [3.63, 3.8) is 0 Å². The third-order valence-corrected chi connectivity index (χ3v) is 3.37. The first-order chi connectivity index (χ1) is 8.08. The third kappa shape index (κ3) is 2.51. The van der Waals surface area contributed by atoms with E-state index in [2.05, 4.69) is 15.2 Å². The summed E-state index contributed by atoms with van der Waals surface area (Å²) in [6.07, 6.45) is 1.36. The van der Waals surface area contributed by atoms with Gasteiger partial charge in [0.2, 0.25) is 5.91 Å². The Kier molecular flexibility index (Phi) is 3.21. The van der Waals surface area contributed by atoms with Gasteiger partial charge in [0.15, 0.2) is 5.16 Å². The minimum atomic E-state index is -0.596. The monoisotopic (exact) mass is 269 g/mol. The second-order valence-corrected chi connectivity index (χ2v) is 4.54. The van der Waals surface area contributed by atoms with Crippen LogP contribution in [0.4, 0.5) is 5.69 Å². The van der Waals surface area contributed by atoms with Crippen molar-refractivity contribution in [1.29, 1.82) is 0 Å². The highest BCUT2D eigenvalue weighted by molar-refractivity contribution is 7.99. The summed E-state index contributed by atoms with van der Waals surface area (Å²) in [6, 6.07) is 3.03. The smallest absolute Gasteiger partial charge is 0.249 e. The normalized spacial score (nSPS) is 10.4. The number of nitrogens with two attached hydrogens (primary N) is 2. The first-order valence-corrected chi connectivity index (χ1v) is 5.69. The number of amides is 1. The van der Waals surface area contributed by atoms with E-state index in [1.165, 1.54) is 24.2 Å². The molecule has 8 heteroatoms. The fraction of sp³-hybridized carbons (Fsp3) is 0. The van der Waals surface area contributed by atoms with Crippen molar-refractivity contribution in [1.82, 2.24) is 15.2 Å². The van der Waals surface area contributed by atoms with E-state index in [0.717, 1.165) is 0 Å². The summed E-state index contributed by atoms with van der Waals surface area (Å²) < 4.78 is 0. The van der Waals surface area contributed by atoms with Crippen LogP contribution >= 0.6 is 23.4 Å². The Bertz CT molecular complexity index is 557. The summed E-state index contributed by atoms with van der Waals surface area (Å²) in [7, 11) is 0.